The molecule has 0 aliphatic carbocycles. The van der Waals surface area contributed by atoms with Gasteiger partial charge in [-0.25, -0.2) is 14.8 Å². The smallest absolute Gasteiger partial charge is 0.358 e. The molecule has 1 aromatic heterocycles. The molecule has 0 spiro atoms. The first-order valence-corrected chi connectivity index (χ1v) is 5.75. The topological polar surface area (TPSA) is 61.3 Å². The molecule has 1 heterocycles. The van der Waals surface area contributed by atoms with Gasteiger partial charge in [0.2, 0.25) is 5.88 Å². The molecular weight excluding hydrogens is 244 g/mol. The third kappa shape index (κ3) is 3.07. The first-order valence-electron chi connectivity index (χ1n) is 5.75. The maximum atomic E-state index is 11.2. The van der Waals surface area contributed by atoms with Crippen LogP contribution in [0.5, 0.6) is 11.6 Å². The molecule has 0 saturated heterocycles. The average Bonchev–Trinajstić information content (AvgIpc) is 2.43. The van der Waals surface area contributed by atoms with Crippen LogP contribution in [0.2, 0.25) is 0 Å². The molecule has 0 radical (unpaired) electrons. The lowest BCUT2D eigenvalue weighted by Crippen LogP contribution is -2.04. The zero-order chi connectivity index (χ0) is 13.8. The van der Waals surface area contributed by atoms with Crippen LogP contribution in [0.3, 0.4) is 0 Å². The number of hydrogen-bond donors (Lipinski definition) is 0. The normalized spacial score (nSPS) is 10.1. The molecule has 0 bridgehead atoms. The Labute approximate surface area is 111 Å². The summed E-state index contributed by atoms with van der Waals surface area (Å²) in [6.07, 6.45) is 2.71. The van der Waals surface area contributed by atoms with Crippen LogP contribution in [-0.4, -0.2) is 23.0 Å². The highest BCUT2D eigenvalue weighted by molar-refractivity contribution is 5.86. The minimum absolute atomic E-state index is 0.148. The molecule has 98 valence electrons. The highest BCUT2D eigenvalue weighted by atomic mass is 16.5. The lowest BCUT2D eigenvalue weighted by atomic mass is 10.1. The van der Waals surface area contributed by atoms with Gasteiger partial charge in [-0.2, -0.15) is 0 Å². The van der Waals surface area contributed by atoms with Gasteiger partial charge in [-0.1, -0.05) is 6.07 Å². The predicted octanol–water partition coefficient (Wildman–Crippen LogP) is 2.67. The first kappa shape index (κ1) is 13.0. The van der Waals surface area contributed by atoms with Gasteiger partial charge >= 0.3 is 5.97 Å². The van der Waals surface area contributed by atoms with Crippen molar-refractivity contribution in [1.29, 1.82) is 0 Å². The third-order valence-electron chi connectivity index (χ3n) is 2.72. The zero-order valence-electron chi connectivity index (χ0n) is 11.0. The van der Waals surface area contributed by atoms with Gasteiger partial charge in [0.05, 0.1) is 19.5 Å². The Balaban J connectivity index is 2.15. The largest absolute Gasteiger partial charge is 0.464 e. The van der Waals surface area contributed by atoms with Crippen LogP contribution in [-0.2, 0) is 4.74 Å². The summed E-state index contributed by atoms with van der Waals surface area (Å²) in [6.45, 7) is 4.04. The van der Waals surface area contributed by atoms with E-state index in [1.54, 1.807) is 0 Å². The molecule has 0 saturated carbocycles. The summed E-state index contributed by atoms with van der Waals surface area (Å²) in [5.41, 5.74) is 2.48. The standard InChI is InChI=1S/C14H14N2O3/c1-9-4-5-11(6-10(9)2)19-13-8-15-12(7-16-13)14(17)18-3/h4-8H,1-3H3. The Morgan fingerprint density at radius 1 is 1.11 bits per heavy atom. The second-order valence-electron chi connectivity index (χ2n) is 4.08. The lowest BCUT2D eigenvalue weighted by molar-refractivity contribution is 0.0593. The maximum Gasteiger partial charge on any atom is 0.358 e. The van der Waals surface area contributed by atoms with Crippen molar-refractivity contribution in [3.8, 4) is 11.6 Å². The summed E-state index contributed by atoms with van der Waals surface area (Å²) < 4.78 is 10.1. The van der Waals surface area contributed by atoms with E-state index < -0.39 is 5.97 Å². The molecule has 2 aromatic rings. The number of methoxy groups -OCH3 is 1. The van der Waals surface area contributed by atoms with Gasteiger partial charge in [0.25, 0.3) is 0 Å². The highest BCUT2D eigenvalue weighted by Crippen LogP contribution is 2.21. The summed E-state index contributed by atoms with van der Waals surface area (Å²) in [7, 11) is 1.30. The number of ether oxygens (including phenoxy) is 2. The van der Waals surface area contributed by atoms with E-state index in [9.17, 15) is 4.79 Å². The number of aryl methyl sites for hydroxylation is 2. The van der Waals surface area contributed by atoms with E-state index in [-0.39, 0.29) is 5.69 Å². The number of aromatic nitrogens is 2. The van der Waals surface area contributed by atoms with Crippen molar-refractivity contribution in [2.24, 2.45) is 0 Å². The van der Waals surface area contributed by atoms with Crippen LogP contribution in [0.1, 0.15) is 21.6 Å². The van der Waals surface area contributed by atoms with Gasteiger partial charge in [-0.15, -0.1) is 0 Å². The van der Waals surface area contributed by atoms with Crippen LogP contribution < -0.4 is 4.74 Å². The van der Waals surface area contributed by atoms with Crippen molar-refractivity contribution in [3.05, 3.63) is 47.4 Å². The van der Waals surface area contributed by atoms with Crippen LogP contribution in [0.15, 0.2) is 30.6 Å². The maximum absolute atomic E-state index is 11.2. The number of rotatable bonds is 3. The van der Waals surface area contributed by atoms with Gasteiger partial charge in [0.1, 0.15) is 5.75 Å². The summed E-state index contributed by atoms with van der Waals surface area (Å²) in [5.74, 6) is 0.490. The van der Waals surface area contributed by atoms with E-state index in [1.807, 2.05) is 32.0 Å². The Morgan fingerprint density at radius 3 is 2.47 bits per heavy atom. The van der Waals surface area contributed by atoms with Crippen molar-refractivity contribution in [2.75, 3.05) is 7.11 Å². The quantitative estimate of drug-likeness (QED) is 0.792. The lowest BCUT2D eigenvalue weighted by Gasteiger charge is -2.07. The molecule has 0 atom stereocenters. The Morgan fingerprint density at radius 2 is 1.89 bits per heavy atom. The molecule has 5 nitrogen and oxygen atoms in total. The van der Waals surface area contributed by atoms with Crippen LogP contribution >= 0.6 is 0 Å². The second kappa shape index (κ2) is 5.48. The van der Waals surface area contributed by atoms with E-state index >= 15 is 0 Å². The Kier molecular flexibility index (Phi) is 3.75. The molecule has 0 aliphatic heterocycles. The second-order valence-corrected chi connectivity index (χ2v) is 4.08. The summed E-state index contributed by atoms with van der Waals surface area (Å²) >= 11 is 0. The van der Waals surface area contributed by atoms with Crippen molar-refractivity contribution >= 4 is 5.97 Å². The van der Waals surface area contributed by atoms with Crippen molar-refractivity contribution in [3.63, 3.8) is 0 Å². The molecule has 2 rings (SSSR count). The van der Waals surface area contributed by atoms with Crippen molar-refractivity contribution in [1.82, 2.24) is 9.97 Å². The molecular formula is C14H14N2O3. The first-order chi connectivity index (χ1) is 9.10. The van der Waals surface area contributed by atoms with E-state index in [4.69, 9.17) is 4.74 Å². The third-order valence-corrected chi connectivity index (χ3v) is 2.72. The SMILES string of the molecule is COC(=O)c1cnc(Oc2ccc(C)c(C)c2)cn1. The van der Waals surface area contributed by atoms with Gasteiger partial charge in [0.15, 0.2) is 5.69 Å². The summed E-state index contributed by atoms with van der Waals surface area (Å²) in [6, 6.07) is 5.75. The zero-order valence-corrected chi connectivity index (χ0v) is 11.0. The van der Waals surface area contributed by atoms with Gasteiger partial charge in [0, 0.05) is 0 Å². The fourth-order valence-corrected chi connectivity index (χ4v) is 1.48. The highest BCUT2D eigenvalue weighted by Gasteiger charge is 2.08. The molecule has 0 amide bonds. The number of carbonyl (C=O) groups is 1. The van der Waals surface area contributed by atoms with E-state index in [1.165, 1.54) is 25.1 Å². The van der Waals surface area contributed by atoms with Crippen molar-refractivity contribution in [2.45, 2.75) is 13.8 Å². The van der Waals surface area contributed by atoms with Crippen molar-refractivity contribution < 1.29 is 14.3 Å². The fourth-order valence-electron chi connectivity index (χ4n) is 1.48. The van der Waals surface area contributed by atoms with Crippen LogP contribution in [0.25, 0.3) is 0 Å². The van der Waals surface area contributed by atoms with Crippen LogP contribution in [0.4, 0.5) is 0 Å². The molecule has 0 aliphatic rings. The molecule has 19 heavy (non-hydrogen) atoms. The van der Waals surface area contributed by atoms with Gasteiger partial charge in [-0.3, -0.25) is 0 Å². The molecule has 0 fully saturated rings. The molecule has 0 unspecified atom stereocenters. The van der Waals surface area contributed by atoms with E-state index in [2.05, 4.69) is 14.7 Å². The van der Waals surface area contributed by atoms with E-state index in [0.717, 1.165) is 5.56 Å². The Hall–Kier alpha value is -2.43. The van der Waals surface area contributed by atoms with Gasteiger partial charge < -0.3 is 9.47 Å². The predicted molar refractivity (Wildman–Crippen MR) is 69.4 cm³/mol. The molecule has 1 aromatic carbocycles. The average molecular weight is 258 g/mol. The summed E-state index contributed by atoms with van der Waals surface area (Å²) in [5, 5.41) is 0. The minimum Gasteiger partial charge on any atom is -0.464 e. The monoisotopic (exact) mass is 258 g/mol. The fraction of sp³-hybridized carbons (Fsp3) is 0.214. The van der Waals surface area contributed by atoms with Crippen LogP contribution in [0, 0.1) is 13.8 Å². The minimum atomic E-state index is -0.523. The molecule has 5 heteroatoms. The Bertz CT molecular complexity index is 594. The van der Waals surface area contributed by atoms with Gasteiger partial charge in [-0.05, 0) is 37.1 Å². The number of esters is 1. The number of carbonyl (C=O) groups excluding carboxylic acids is 1. The van der Waals surface area contributed by atoms with E-state index in [0.29, 0.717) is 11.6 Å². The summed E-state index contributed by atoms with van der Waals surface area (Å²) in [4.78, 5) is 19.1. The number of benzene rings is 1. The number of hydrogen-bond acceptors (Lipinski definition) is 5. The number of nitrogens with zero attached hydrogens (tertiary/aromatic N) is 2. The molecule has 0 N–H and O–H groups in total.